The Kier molecular flexibility index (Phi) is 3.57. The Labute approximate surface area is 106 Å². The first-order chi connectivity index (χ1) is 8.74. The lowest BCUT2D eigenvalue weighted by Crippen LogP contribution is -2.24. The molecule has 2 aromatic rings. The Bertz CT molecular complexity index is 541. The van der Waals surface area contributed by atoms with Crippen LogP contribution in [0.4, 0.5) is 11.5 Å². The molecule has 0 aliphatic carbocycles. The third-order valence-corrected chi connectivity index (χ3v) is 2.51. The van der Waals surface area contributed by atoms with Crippen molar-refractivity contribution in [2.24, 2.45) is 0 Å². The molecule has 1 heterocycles. The maximum atomic E-state index is 11.8. The highest BCUT2D eigenvalue weighted by atomic mass is 16.5. The molecule has 4 heteroatoms. The number of benzene rings is 1. The van der Waals surface area contributed by atoms with Crippen molar-refractivity contribution < 1.29 is 9.53 Å². The number of carbonyl (C=O) groups is 1. The van der Waals surface area contributed by atoms with Gasteiger partial charge in [0.25, 0.3) is 0 Å². The van der Waals surface area contributed by atoms with Gasteiger partial charge in [0, 0.05) is 13.1 Å². The molecule has 0 fully saturated rings. The minimum Gasteiger partial charge on any atom is -0.493 e. The lowest BCUT2D eigenvalue weighted by Gasteiger charge is -2.21. The fourth-order valence-electron chi connectivity index (χ4n) is 1.74. The monoisotopic (exact) mass is 242 g/mol. The van der Waals surface area contributed by atoms with E-state index in [1.165, 1.54) is 11.8 Å². The summed E-state index contributed by atoms with van der Waals surface area (Å²) in [5.74, 6) is 0.952. The number of amides is 1. The van der Waals surface area contributed by atoms with Crippen molar-refractivity contribution >= 4 is 17.4 Å². The van der Waals surface area contributed by atoms with E-state index in [0.29, 0.717) is 11.6 Å². The van der Waals surface area contributed by atoms with E-state index >= 15 is 0 Å². The fourth-order valence-corrected chi connectivity index (χ4v) is 1.74. The number of hydrogen-bond donors (Lipinski definition) is 0. The van der Waals surface area contributed by atoms with Crippen LogP contribution in [0.3, 0.4) is 0 Å². The van der Waals surface area contributed by atoms with Crippen molar-refractivity contribution in [1.29, 1.82) is 0 Å². The Morgan fingerprint density at radius 2 is 1.89 bits per heavy atom. The molecular weight excluding hydrogens is 228 g/mol. The molecule has 0 saturated carbocycles. The lowest BCUT2D eigenvalue weighted by atomic mass is 10.2. The number of pyridine rings is 1. The summed E-state index contributed by atoms with van der Waals surface area (Å²) in [6.45, 7) is 1.50. The molecule has 0 aliphatic rings. The standard InChI is InChI=1S/C14H14N2O2/c1-11(17)16(12-7-4-3-5-8-12)14-13(18-2)9-6-10-15-14/h3-10H,1-2H3. The Balaban J connectivity index is 2.52. The Morgan fingerprint density at radius 1 is 1.17 bits per heavy atom. The minimum absolute atomic E-state index is 0.113. The molecule has 0 N–H and O–H groups in total. The van der Waals surface area contributed by atoms with Crippen molar-refractivity contribution in [2.45, 2.75) is 6.92 Å². The highest BCUT2D eigenvalue weighted by Crippen LogP contribution is 2.31. The number of rotatable bonds is 3. The average molecular weight is 242 g/mol. The molecule has 0 aliphatic heterocycles. The average Bonchev–Trinajstić information content (AvgIpc) is 2.40. The zero-order chi connectivity index (χ0) is 13.0. The van der Waals surface area contributed by atoms with Crippen LogP contribution in [0.2, 0.25) is 0 Å². The molecule has 92 valence electrons. The second-order valence-electron chi connectivity index (χ2n) is 3.72. The van der Waals surface area contributed by atoms with Gasteiger partial charge in [-0.25, -0.2) is 4.98 Å². The van der Waals surface area contributed by atoms with Gasteiger partial charge >= 0.3 is 0 Å². The van der Waals surface area contributed by atoms with E-state index in [2.05, 4.69) is 4.98 Å². The van der Waals surface area contributed by atoms with Crippen LogP contribution in [-0.4, -0.2) is 18.0 Å². The maximum absolute atomic E-state index is 11.8. The van der Waals surface area contributed by atoms with Gasteiger partial charge in [-0.2, -0.15) is 0 Å². The van der Waals surface area contributed by atoms with Crippen molar-refractivity contribution in [1.82, 2.24) is 4.98 Å². The summed E-state index contributed by atoms with van der Waals surface area (Å²) < 4.78 is 5.24. The summed E-state index contributed by atoms with van der Waals surface area (Å²) in [5.41, 5.74) is 0.766. The van der Waals surface area contributed by atoms with E-state index in [4.69, 9.17) is 4.74 Å². The molecule has 1 amide bonds. The van der Waals surface area contributed by atoms with Crippen LogP contribution in [0.1, 0.15) is 6.92 Å². The molecule has 0 atom stereocenters. The summed E-state index contributed by atoms with van der Waals surface area (Å²) in [6, 6.07) is 12.9. The summed E-state index contributed by atoms with van der Waals surface area (Å²) in [5, 5.41) is 0. The van der Waals surface area contributed by atoms with Crippen LogP contribution in [-0.2, 0) is 4.79 Å². The zero-order valence-electron chi connectivity index (χ0n) is 10.3. The number of carbonyl (C=O) groups excluding carboxylic acids is 1. The van der Waals surface area contributed by atoms with E-state index in [1.54, 1.807) is 25.4 Å². The van der Waals surface area contributed by atoms with E-state index in [9.17, 15) is 4.79 Å². The number of anilines is 2. The van der Waals surface area contributed by atoms with E-state index < -0.39 is 0 Å². The van der Waals surface area contributed by atoms with Gasteiger partial charge < -0.3 is 4.74 Å². The number of para-hydroxylation sites is 1. The van der Waals surface area contributed by atoms with Crippen LogP contribution in [0.5, 0.6) is 5.75 Å². The number of ether oxygens (including phenoxy) is 1. The molecule has 0 bridgehead atoms. The summed E-state index contributed by atoms with van der Waals surface area (Å²) in [6.07, 6.45) is 1.64. The largest absolute Gasteiger partial charge is 0.493 e. The Hall–Kier alpha value is -2.36. The van der Waals surface area contributed by atoms with Gasteiger partial charge in [-0.15, -0.1) is 0 Å². The minimum atomic E-state index is -0.113. The first-order valence-electron chi connectivity index (χ1n) is 5.59. The van der Waals surface area contributed by atoms with Crippen molar-refractivity contribution in [3.05, 3.63) is 48.7 Å². The zero-order valence-corrected chi connectivity index (χ0v) is 10.3. The van der Waals surface area contributed by atoms with Gasteiger partial charge in [0.15, 0.2) is 11.6 Å². The van der Waals surface area contributed by atoms with E-state index in [1.807, 2.05) is 30.3 Å². The number of nitrogens with zero attached hydrogens (tertiary/aromatic N) is 2. The smallest absolute Gasteiger partial charge is 0.229 e. The number of hydrogen-bond acceptors (Lipinski definition) is 3. The van der Waals surface area contributed by atoms with E-state index in [-0.39, 0.29) is 5.91 Å². The van der Waals surface area contributed by atoms with E-state index in [0.717, 1.165) is 5.69 Å². The van der Waals surface area contributed by atoms with Crippen LogP contribution in [0.15, 0.2) is 48.7 Å². The molecule has 1 aromatic heterocycles. The Morgan fingerprint density at radius 3 is 2.50 bits per heavy atom. The number of aromatic nitrogens is 1. The van der Waals surface area contributed by atoms with Crippen molar-refractivity contribution in [3.8, 4) is 5.75 Å². The highest BCUT2D eigenvalue weighted by Gasteiger charge is 2.18. The third-order valence-electron chi connectivity index (χ3n) is 2.51. The second kappa shape index (κ2) is 5.31. The summed E-state index contributed by atoms with van der Waals surface area (Å²) in [7, 11) is 1.56. The van der Waals surface area contributed by atoms with Crippen LogP contribution < -0.4 is 9.64 Å². The van der Waals surface area contributed by atoms with Crippen LogP contribution >= 0.6 is 0 Å². The van der Waals surface area contributed by atoms with Gasteiger partial charge in [-0.05, 0) is 24.3 Å². The van der Waals surface area contributed by atoms with Crippen LogP contribution in [0, 0.1) is 0 Å². The molecular formula is C14H14N2O2. The van der Waals surface area contributed by atoms with Gasteiger partial charge in [-0.3, -0.25) is 9.69 Å². The molecule has 2 rings (SSSR count). The predicted molar refractivity (Wildman–Crippen MR) is 70.1 cm³/mol. The fraction of sp³-hybridized carbons (Fsp3) is 0.143. The normalized spacial score (nSPS) is 9.89. The first kappa shape index (κ1) is 12.1. The van der Waals surface area contributed by atoms with Gasteiger partial charge in [0.2, 0.25) is 5.91 Å². The molecule has 4 nitrogen and oxygen atoms in total. The highest BCUT2D eigenvalue weighted by molar-refractivity contribution is 5.99. The summed E-state index contributed by atoms with van der Waals surface area (Å²) in [4.78, 5) is 17.6. The van der Waals surface area contributed by atoms with Gasteiger partial charge in [0.05, 0.1) is 12.8 Å². The van der Waals surface area contributed by atoms with Crippen LogP contribution in [0.25, 0.3) is 0 Å². The molecule has 0 unspecified atom stereocenters. The summed E-state index contributed by atoms with van der Waals surface area (Å²) >= 11 is 0. The van der Waals surface area contributed by atoms with Crippen molar-refractivity contribution in [3.63, 3.8) is 0 Å². The third kappa shape index (κ3) is 2.32. The van der Waals surface area contributed by atoms with Gasteiger partial charge in [-0.1, -0.05) is 18.2 Å². The second-order valence-corrected chi connectivity index (χ2v) is 3.72. The van der Waals surface area contributed by atoms with Gasteiger partial charge in [0.1, 0.15) is 0 Å². The first-order valence-corrected chi connectivity index (χ1v) is 5.59. The predicted octanol–water partition coefficient (Wildman–Crippen LogP) is 2.77. The molecule has 0 saturated heterocycles. The SMILES string of the molecule is COc1cccnc1N(C(C)=O)c1ccccc1. The quantitative estimate of drug-likeness (QED) is 0.831. The van der Waals surface area contributed by atoms with Crippen molar-refractivity contribution in [2.75, 3.05) is 12.0 Å². The topological polar surface area (TPSA) is 42.4 Å². The molecule has 1 aromatic carbocycles. The molecule has 0 radical (unpaired) electrons. The molecule has 0 spiro atoms. The number of methoxy groups -OCH3 is 1. The lowest BCUT2D eigenvalue weighted by molar-refractivity contribution is -0.115. The maximum Gasteiger partial charge on any atom is 0.229 e. The molecule has 18 heavy (non-hydrogen) atoms.